The van der Waals surface area contributed by atoms with Crippen LogP contribution in [0.4, 0.5) is 43.9 Å². The van der Waals surface area contributed by atoms with Gasteiger partial charge in [0.25, 0.3) is 0 Å². The van der Waals surface area contributed by atoms with Crippen LogP contribution >= 0.6 is 11.6 Å². The van der Waals surface area contributed by atoms with Crippen LogP contribution in [0.2, 0.25) is 0 Å². The molecule has 3 nitrogen and oxygen atoms in total. The molecule has 32 heavy (non-hydrogen) atoms. The van der Waals surface area contributed by atoms with Gasteiger partial charge in [0.2, 0.25) is 0 Å². The number of halogens is 11. The Hall–Kier alpha value is -2.18. The van der Waals surface area contributed by atoms with E-state index in [4.69, 9.17) is 16.3 Å². The first-order chi connectivity index (χ1) is 14.3. The van der Waals surface area contributed by atoms with E-state index in [2.05, 4.69) is 4.74 Å². The summed E-state index contributed by atoms with van der Waals surface area (Å²) in [7, 11) is 0. The first kappa shape index (κ1) is 26.1. The normalized spacial score (nSPS) is 21.3. The van der Waals surface area contributed by atoms with Crippen molar-refractivity contribution >= 4 is 17.6 Å². The fourth-order valence-electron chi connectivity index (χ4n) is 2.96. The highest BCUT2D eigenvalue weighted by atomic mass is 35.5. The van der Waals surface area contributed by atoms with Gasteiger partial charge in [-0.3, -0.25) is 4.79 Å². The molecule has 0 amide bonds. The summed E-state index contributed by atoms with van der Waals surface area (Å²) >= 11 is 5.12. The maximum atomic E-state index is 13.8. The summed E-state index contributed by atoms with van der Waals surface area (Å²) in [6, 6.07) is 0.372. The fourth-order valence-corrected chi connectivity index (χ4v) is 3.20. The Labute approximate surface area is 178 Å². The highest BCUT2D eigenvalue weighted by Crippen LogP contribution is 2.61. The molecule has 0 heterocycles. The molecule has 0 aliphatic heterocycles. The van der Waals surface area contributed by atoms with Crippen molar-refractivity contribution in [2.75, 3.05) is 0 Å². The van der Waals surface area contributed by atoms with Crippen molar-refractivity contribution in [3.05, 3.63) is 40.4 Å². The monoisotopic (exact) mass is 502 g/mol. The Bertz CT molecular complexity index is 921. The van der Waals surface area contributed by atoms with Crippen LogP contribution in [0.25, 0.3) is 0 Å². The van der Waals surface area contributed by atoms with E-state index in [1.807, 2.05) is 0 Å². The third kappa shape index (κ3) is 5.41. The van der Waals surface area contributed by atoms with Gasteiger partial charge in [0.05, 0.1) is 11.0 Å². The Morgan fingerprint density at radius 3 is 2.12 bits per heavy atom. The topological polar surface area (TPSA) is 35.5 Å². The van der Waals surface area contributed by atoms with Crippen LogP contribution in [0.1, 0.15) is 19.4 Å². The van der Waals surface area contributed by atoms with Gasteiger partial charge >= 0.3 is 24.4 Å². The van der Waals surface area contributed by atoms with Gasteiger partial charge in [-0.1, -0.05) is 31.5 Å². The molecule has 2 unspecified atom stereocenters. The Balaban J connectivity index is 2.14. The van der Waals surface area contributed by atoms with Gasteiger partial charge in [-0.05, 0) is 17.4 Å². The molecule has 0 radical (unpaired) electrons. The summed E-state index contributed by atoms with van der Waals surface area (Å²) in [6.45, 7) is 1.68. The molecule has 1 aromatic rings. The second-order valence-corrected chi connectivity index (χ2v) is 7.85. The van der Waals surface area contributed by atoms with Crippen LogP contribution in [0.15, 0.2) is 23.2 Å². The molecule has 0 aromatic heterocycles. The highest BCUT2D eigenvalue weighted by Gasteiger charge is 2.65. The van der Waals surface area contributed by atoms with Crippen LogP contribution in [-0.2, 0) is 16.1 Å². The van der Waals surface area contributed by atoms with E-state index in [1.54, 1.807) is 0 Å². The summed E-state index contributed by atoms with van der Waals surface area (Å²) in [5.41, 5.74) is -1.86. The molecule has 1 saturated carbocycles. The molecule has 0 bridgehead atoms. The second-order valence-electron chi connectivity index (χ2n) is 7.44. The zero-order valence-electron chi connectivity index (χ0n) is 16.0. The van der Waals surface area contributed by atoms with Crippen LogP contribution < -0.4 is 4.74 Å². The minimum atomic E-state index is -5.97. The maximum absolute atomic E-state index is 13.8. The molecule has 180 valence electrons. The summed E-state index contributed by atoms with van der Waals surface area (Å²) in [5.74, 6) is -13.4. The third-order valence-corrected chi connectivity index (χ3v) is 5.21. The first-order valence-corrected chi connectivity index (χ1v) is 8.89. The van der Waals surface area contributed by atoms with Crippen LogP contribution in [0.3, 0.4) is 0 Å². The molecule has 0 N–H and O–H groups in total. The second kappa shape index (κ2) is 8.31. The summed E-state index contributed by atoms with van der Waals surface area (Å²) in [6.07, 6.45) is -10.9. The Kier molecular flexibility index (Phi) is 6.77. The largest absolute Gasteiger partial charge is 0.573 e. The van der Waals surface area contributed by atoms with Crippen LogP contribution in [0.5, 0.6) is 5.75 Å². The molecule has 1 aromatic carbocycles. The van der Waals surface area contributed by atoms with Crippen molar-refractivity contribution < 1.29 is 58.2 Å². The van der Waals surface area contributed by atoms with Gasteiger partial charge < -0.3 is 9.47 Å². The predicted octanol–water partition coefficient (Wildman–Crippen LogP) is 6.50. The number of benzene rings is 1. The molecule has 2 atom stereocenters. The smallest absolute Gasteiger partial charge is 0.460 e. The lowest BCUT2D eigenvalue weighted by Crippen LogP contribution is -2.36. The number of esters is 1. The number of alkyl halides is 8. The van der Waals surface area contributed by atoms with Gasteiger partial charge in [0.15, 0.2) is 11.6 Å². The van der Waals surface area contributed by atoms with Crippen molar-refractivity contribution in [2.45, 2.75) is 38.9 Å². The van der Waals surface area contributed by atoms with E-state index in [9.17, 15) is 48.7 Å². The van der Waals surface area contributed by atoms with Crippen LogP contribution in [0, 0.1) is 28.9 Å². The number of hydrogen-bond donors (Lipinski definition) is 0. The average Bonchev–Trinajstić information content (AvgIpc) is 3.14. The maximum Gasteiger partial charge on any atom is 0.573 e. The number of ether oxygens (including phenoxy) is 2. The molecular formula is C18H13ClF10O3. The first-order valence-electron chi connectivity index (χ1n) is 8.51. The van der Waals surface area contributed by atoms with E-state index in [0.29, 0.717) is 12.1 Å². The molecule has 1 aliphatic rings. The van der Waals surface area contributed by atoms with E-state index in [0.717, 1.165) is 0 Å². The molecular weight excluding hydrogens is 490 g/mol. The van der Waals surface area contributed by atoms with Crippen molar-refractivity contribution in [1.82, 2.24) is 0 Å². The highest BCUT2D eigenvalue weighted by molar-refractivity contribution is 6.30. The quantitative estimate of drug-likeness (QED) is 0.329. The molecule has 0 saturated heterocycles. The standard InChI is InChI=1S/C18H13ClF10O3/c1-15(2)8(4-12(19)16(22,23)17(24,25)26)13(15)14(30)31-6-7-3-11(32-18(27,28)29)10(21)5-9(7)20/h3-5,8,13H,6H2,1-2H3. The van der Waals surface area contributed by atoms with E-state index >= 15 is 0 Å². The zero-order valence-corrected chi connectivity index (χ0v) is 16.7. The molecule has 1 aliphatic carbocycles. The lowest BCUT2D eigenvalue weighted by molar-refractivity contribution is -0.275. The number of carbonyl (C=O) groups is 1. The third-order valence-electron chi connectivity index (χ3n) is 4.84. The Morgan fingerprint density at radius 1 is 1.06 bits per heavy atom. The summed E-state index contributed by atoms with van der Waals surface area (Å²) in [5, 5.41) is -1.85. The molecule has 0 spiro atoms. The number of rotatable bonds is 6. The van der Waals surface area contributed by atoms with Crippen LogP contribution in [-0.4, -0.2) is 24.4 Å². The van der Waals surface area contributed by atoms with Crippen molar-refractivity contribution in [1.29, 1.82) is 0 Å². The minimum Gasteiger partial charge on any atom is -0.460 e. The number of allylic oxidation sites excluding steroid dienone is 2. The predicted molar refractivity (Wildman–Crippen MR) is 88.5 cm³/mol. The average molecular weight is 503 g/mol. The zero-order chi connectivity index (χ0) is 24.9. The van der Waals surface area contributed by atoms with Gasteiger partial charge in [-0.15, -0.1) is 13.2 Å². The SMILES string of the molecule is CC1(C)C(C=C(Cl)C(F)(F)C(F)(F)F)C1C(=O)OCc1cc(OC(F)(F)F)c(F)cc1F. The van der Waals surface area contributed by atoms with E-state index in [1.165, 1.54) is 13.8 Å². The lowest BCUT2D eigenvalue weighted by Gasteiger charge is -2.18. The van der Waals surface area contributed by atoms with Crippen molar-refractivity contribution in [3.63, 3.8) is 0 Å². The van der Waals surface area contributed by atoms with Gasteiger partial charge in [-0.2, -0.15) is 22.0 Å². The fraction of sp³-hybridized carbons (Fsp3) is 0.500. The number of carbonyl (C=O) groups excluding carboxylic acids is 1. The van der Waals surface area contributed by atoms with Gasteiger partial charge in [0, 0.05) is 11.6 Å². The van der Waals surface area contributed by atoms with Crippen molar-refractivity contribution in [2.24, 2.45) is 17.3 Å². The van der Waals surface area contributed by atoms with E-state index < -0.39 is 76.3 Å². The van der Waals surface area contributed by atoms with Crippen molar-refractivity contribution in [3.8, 4) is 5.75 Å². The molecule has 2 rings (SSSR count). The molecule has 1 fully saturated rings. The summed E-state index contributed by atoms with van der Waals surface area (Å²) < 4.78 is 136. The van der Waals surface area contributed by atoms with E-state index in [-0.39, 0.29) is 6.07 Å². The lowest BCUT2D eigenvalue weighted by atomic mass is 10.1. The minimum absolute atomic E-state index is 0.0653. The van der Waals surface area contributed by atoms with Gasteiger partial charge in [0.1, 0.15) is 12.4 Å². The summed E-state index contributed by atoms with van der Waals surface area (Å²) in [4.78, 5) is 12.2. The molecule has 14 heteroatoms. The number of hydrogen-bond acceptors (Lipinski definition) is 3. The Morgan fingerprint density at radius 2 is 1.62 bits per heavy atom. The van der Waals surface area contributed by atoms with Gasteiger partial charge in [-0.25, -0.2) is 8.78 Å².